The van der Waals surface area contributed by atoms with Crippen LogP contribution in [0.1, 0.15) is 35.7 Å². The number of thiazole rings is 1. The van der Waals surface area contributed by atoms with E-state index in [9.17, 15) is 0 Å². The molecule has 3 nitrogen and oxygen atoms in total. The first-order valence-electron chi connectivity index (χ1n) is 6.95. The molecule has 0 saturated carbocycles. The number of hydrogen-bond acceptors (Lipinski definition) is 4. The van der Waals surface area contributed by atoms with Crippen molar-refractivity contribution in [2.45, 2.75) is 45.9 Å². The summed E-state index contributed by atoms with van der Waals surface area (Å²) in [4.78, 5) is 4.46. The number of nitrogens with one attached hydrogen (secondary N) is 1. The normalized spacial score (nSPS) is 15.9. The lowest BCUT2D eigenvalue weighted by Gasteiger charge is -2.18. The minimum atomic E-state index is -0.0789. The van der Waals surface area contributed by atoms with Gasteiger partial charge in [0.2, 0.25) is 0 Å². The molecular formula is C16H20N2OS. The zero-order chi connectivity index (χ0) is 14.2. The molecule has 1 N–H and O–H groups in total. The highest BCUT2D eigenvalue weighted by Crippen LogP contribution is 2.37. The lowest BCUT2D eigenvalue weighted by atomic mass is 10.0. The van der Waals surface area contributed by atoms with Gasteiger partial charge >= 0.3 is 0 Å². The number of nitrogens with zero attached hydrogens (tertiary/aromatic N) is 1. The Kier molecular flexibility index (Phi) is 3.52. The van der Waals surface area contributed by atoms with E-state index in [1.165, 1.54) is 11.1 Å². The maximum absolute atomic E-state index is 6.08. The van der Waals surface area contributed by atoms with Crippen molar-refractivity contribution in [3.8, 4) is 5.75 Å². The smallest absolute Gasteiger partial charge is 0.127 e. The van der Waals surface area contributed by atoms with Gasteiger partial charge in [-0.05, 0) is 26.3 Å². The molecule has 106 valence electrons. The summed E-state index contributed by atoms with van der Waals surface area (Å²) in [6.45, 7) is 7.94. The Hall–Kier alpha value is -1.39. The van der Waals surface area contributed by atoms with E-state index in [1.54, 1.807) is 11.3 Å². The average molecular weight is 288 g/mol. The van der Waals surface area contributed by atoms with Crippen LogP contribution in [-0.4, -0.2) is 10.6 Å². The molecule has 0 unspecified atom stereocenters. The first kappa shape index (κ1) is 13.6. The van der Waals surface area contributed by atoms with Crippen LogP contribution >= 0.6 is 11.3 Å². The van der Waals surface area contributed by atoms with Gasteiger partial charge in [0.15, 0.2) is 0 Å². The summed E-state index contributed by atoms with van der Waals surface area (Å²) in [7, 11) is 0. The van der Waals surface area contributed by atoms with Crippen molar-refractivity contribution in [1.29, 1.82) is 0 Å². The van der Waals surface area contributed by atoms with Gasteiger partial charge in [-0.1, -0.05) is 18.2 Å². The highest BCUT2D eigenvalue weighted by atomic mass is 32.1. The Bertz CT molecular complexity index is 619. The number of aromatic nitrogens is 1. The number of ether oxygens (including phenoxy) is 1. The Morgan fingerprint density at radius 3 is 2.95 bits per heavy atom. The maximum atomic E-state index is 6.08. The van der Waals surface area contributed by atoms with Gasteiger partial charge in [0, 0.05) is 30.5 Å². The Balaban J connectivity index is 1.66. The largest absolute Gasteiger partial charge is 0.487 e. The van der Waals surface area contributed by atoms with Crippen molar-refractivity contribution in [2.24, 2.45) is 0 Å². The van der Waals surface area contributed by atoms with Crippen molar-refractivity contribution in [2.75, 3.05) is 0 Å². The fourth-order valence-corrected chi connectivity index (χ4v) is 3.25. The molecule has 0 bridgehead atoms. The monoisotopic (exact) mass is 288 g/mol. The summed E-state index contributed by atoms with van der Waals surface area (Å²) in [5.41, 5.74) is 3.59. The van der Waals surface area contributed by atoms with Crippen LogP contribution in [-0.2, 0) is 19.5 Å². The van der Waals surface area contributed by atoms with Crippen LogP contribution in [0.25, 0.3) is 0 Å². The summed E-state index contributed by atoms with van der Waals surface area (Å²) in [5.74, 6) is 1.07. The molecule has 4 heteroatoms. The van der Waals surface area contributed by atoms with Gasteiger partial charge in [-0.3, -0.25) is 0 Å². The molecule has 20 heavy (non-hydrogen) atoms. The van der Waals surface area contributed by atoms with Crippen LogP contribution in [0, 0.1) is 6.92 Å². The molecule has 0 saturated heterocycles. The molecule has 2 aromatic rings. The van der Waals surface area contributed by atoms with Gasteiger partial charge in [0.25, 0.3) is 0 Å². The zero-order valence-corrected chi connectivity index (χ0v) is 13.0. The molecule has 0 radical (unpaired) electrons. The van der Waals surface area contributed by atoms with E-state index in [1.807, 2.05) is 6.92 Å². The number of para-hydroxylation sites is 1. The summed E-state index contributed by atoms with van der Waals surface area (Å²) < 4.78 is 6.08. The lowest BCUT2D eigenvalue weighted by molar-refractivity contribution is 0.137. The number of benzene rings is 1. The van der Waals surface area contributed by atoms with E-state index in [-0.39, 0.29) is 5.60 Å². The zero-order valence-electron chi connectivity index (χ0n) is 12.2. The second kappa shape index (κ2) is 5.19. The van der Waals surface area contributed by atoms with Crippen molar-refractivity contribution < 1.29 is 4.74 Å². The molecule has 0 atom stereocenters. The minimum Gasteiger partial charge on any atom is -0.487 e. The summed E-state index contributed by atoms with van der Waals surface area (Å²) in [6.07, 6.45) is 0.988. The average Bonchev–Trinajstić information content (AvgIpc) is 2.91. The van der Waals surface area contributed by atoms with E-state index in [4.69, 9.17) is 4.74 Å². The highest BCUT2D eigenvalue weighted by molar-refractivity contribution is 7.09. The number of rotatable bonds is 4. The second-order valence-corrected chi connectivity index (χ2v) is 6.97. The molecule has 1 aromatic heterocycles. The standard InChI is InChI=1S/C16H20N2OS/c1-11-18-14(10-20-11)9-17-8-13-6-4-5-12-7-16(2,3)19-15(12)13/h4-6,10,17H,7-9H2,1-3H3. The molecule has 1 aliphatic heterocycles. The van der Waals surface area contributed by atoms with Crippen LogP contribution in [0.3, 0.4) is 0 Å². The van der Waals surface area contributed by atoms with Crippen molar-refractivity contribution >= 4 is 11.3 Å². The Labute approximate surface area is 124 Å². The Morgan fingerprint density at radius 1 is 1.35 bits per heavy atom. The first-order valence-corrected chi connectivity index (χ1v) is 7.83. The SMILES string of the molecule is Cc1nc(CNCc2cccc3c2OC(C)(C)C3)cs1. The quantitative estimate of drug-likeness (QED) is 0.935. The van der Waals surface area contributed by atoms with Crippen LogP contribution in [0.5, 0.6) is 5.75 Å². The predicted octanol–water partition coefficient (Wildman–Crippen LogP) is 3.45. The molecule has 2 heterocycles. The number of aryl methyl sites for hydroxylation is 1. The van der Waals surface area contributed by atoms with E-state index in [0.717, 1.165) is 36.0 Å². The third-order valence-corrected chi connectivity index (χ3v) is 4.28. The summed E-state index contributed by atoms with van der Waals surface area (Å²) in [6, 6.07) is 6.42. The van der Waals surface area contributed by atoms with Crippen LogP contribution in [0.2, 0.25) is 0 Å². The molecule has 1 aromatic carbocycles. The number of hydrogen-bond donors (Lipinski definition) is 1. The van der Waals surface area contributed by atoms with Crippen molar-refractivity contribution in [1.82, 2.24) is 10.3 Å². The van der Waals surface area contributed by atoms with Crippen molar-refractivity contribution in [3.63, 3.8) is 0 Å². The minimum absolute atomic E-state index is 0.0789. The third kappa shape index (κ3) is 2.86. The van der Waals surface area contributed by atoms with Gasteiger partial charge in [-0.15, -0.1) is 11.3 Å². The second-order valence-electron chi connectivity index (χ2n) is 5.91. The van der Waals surface area contributed by atoms with E-state index in [2.05, 4.69) is 47.7 Å². The van der Waals surface area contributed by atoms with Gasteiger partial charge in [0.05, 0.1) is 10.7 Å². The first-order chi connectivity index (χ1) is 9.53. The van der Waals surface area contributed by atoms with E-state index >= 15 is 0 Å². The lowest BCUT2D eigenvalue weighted by Crippen LogP contribution is -2.25. The molecule has 0 aliphatic carbocycles. The summed E-state index contributed by atoms with van der Waals surface area (Å²) in [5, 5.41) is 6.68. The maximum Gasteiger partial charge on any atom is 0.127 e. The van der Waals surface area contributed by atoms with Gasteiger partial charge in [-0.2, -0.15) is 0 Å². The molecule has 3 rings (SSSR count). The van der Waals surface area contributed by atoms with Crippen LogP contribution in [0.4, 0.5) is 0 Å². The Morgan fingerprint density at radius 2 is 2.20 bits per heavy atom. The third-order valence-electron chi connectivity index (χ3n) is 3.46. The van der Waals surface area contributed by atoms with E-state index in [0.29, 0.717) is 0 Å². The predicted molar refractivity (Wildman–Crippen MR) is 82.2 cm³/mol. The number of fused-ring (bicyclic) bond motifs is 1. The van der Waals surface area contributed by atoms with Crippen molar-refractivity contribution in [3.05, 3.63) is 45.4 Å². The molecule has 0 amide bonds. The van der Waals surface area contributed by atoms with Crippen LogP contribution < -0.4 is 10.1 Å². The molecule has 0 spiro atoms. The van der Waals surface area contributed by atoms with Gasteiger partial charge < -0.3 is 10.1 Å². The summed E-state index contributed by atoms with van der Waals surface area (Å²) >= 11 is 1.69. The van der Waals surface area contributed by atoms with Gasteiger partial charge in [-0.25, -0.2) is 4.98 Å². The fraction of sp³-hybridized carbons (Fsp3) is 0.438. The molecule has 1 aliphatic rings. The van der Waals surface area contributed by atoms with Gasteiger partial charge in [0.1, 0.15) is 11.4 Å². The molecule has 0 fully saturated rings. The van der Waals surface area contributed by atoms with Crippen LogP contribution in [0.15, 0.2) is 23.6 Å². The topological polar surface area (TPSA) is 34.2 Å². The highest BCUT2D eigenvalue weighted by Gasteiger charge is 2.31. The van der Waals surface area contributed by atoms with E-state index < -0.39 is 0 Å². The fourth-order valence-electron chi connectivity index (χ4n) is 2.63. The molecular weight excluding hydrogens is 268 g/mol.